The molecular weight excluding hydrogens is 275 g/mol. The Labute approximate surface area is 123 Å². The summed E-state index contributed by atoms with van der Waals surface area (Å²) in [4.78, 5) is 14.0. The quantitative estimate of drug-likeness (QED) is 0.852. The van der Waals surface area contributed by atoms with E-state index in [4.69, 9.17) is 4.74 Å². The van der Waals surface area contributed by atoms with Gasteiger partial charge in [-0.05, 0) is 30.2 Å². The monoisotopic (exact) mass is 296 g/mol. The van der Waals surface area contributed by atoms with Gasteiger partial charge in [0.1, 0.15) is 11.9 Å². The molecule has 1 heterocycles. The van der Waals surface area contributed by atoms with E-state index in [9.17, 15) is 14.3 Å². The van der Waals surface area contributed by atoms with E-state index in [1.807, 2.05) is 11.8 Å². The highest BCUT2D eigenvalue weighted by molar-refractivity contribution is 5.85. The van der Waals surface area contributed by atoms with Crippen molar-refractivity contribution in [3.63, 3.8) is 0 Å². The van der Waals surface area contributed by atoms with Crippen molar-refractivity contribution >= 4 is 11.6 Å². The van der Waals surface area contributed by atoms with Crippen molar-refractivity contribution in [2.24, 2.45) is 0 Å². The third-order valence-electron chi connectivity index (χ3n) is 3.44. The summed E-state index contributed by atoms with van der Waals surface area (Å²) < 4.78 is 19.0. The summed E-state index contributed by atoms with van der Waals surface area (Å²) >= 11 is 0. The lowest BCUT2D eigenvalue weighted by Crippen LogP contribution is -2.54. The van der Waals surface area contributed by atoms with Crippen LogP contribution in [-0.4, -0.2) is 43.4 Å². The number of amides is 1. The minimum Gasteiger partial charge on any atom is -0.392 e. The molecule has 0 bridgehead atoms. The highest BCUT2D eigenvalue weighted by Crippen LogP contribution is 2.23. The van der Waals surface area contributed by atoms with Crippen LogP contribution in [0.2, 0.25) is 0 Å². The van der Waals surface area contributed by atoms with Gasteiger partial charge >= 0.3 is 0 Å². The average molecular weight is 296 g/mol. The lowest BCUT2D eigenvalue weighted by atomic mass is 10.1. The first-order valence-corrected chi connectivity index (χ1v) is 7.18. The third kappa shape index (κ3) is 3.92. The molecule has 0 saturated carbocycles. The summed E-state index contributed by atoms with van der Waals surface area (Å²) in [6.45, 7) is 3.63. The number of rotatable bonds is 5. The van der Waals surface area contributed by atoms with Crippen LogP contribution in [0.5, 0.6) is 0 Å². The summed E-state index contributed by atoms with van der Waals surface area (Å²) in [7, 11) is 0. The topological polar surface area (TPSA) is 61.8 Å². The number of aliphatic hydroxyl groups excluding tert-OH is 1. The Morgan fingerprint density at radius 2 is 2.33 bits per heavy atom. The van der Waals surface area contributed by atoms with E-state index >= 15 is 0 Å². The van der Waals surface area contributed by atoms with Crippen molar-refractivity contribution in [3.05, 3.63) is 29.6 Å². The predicted octanol–water partition coefficient (Wildman–Crippen LogP) is 1.05. The number of carbonyl (C=O) groups excluding carboxylic acids is 1. The van der Waals surface area contributed by atoms with Gasteiger partial charge in [0, 0.05) is 18.8 Å². The summed E-state index contributed by atoms with van der Waals surface area (Å²) in [6.07, 6.45) is 0.855. The summed E-state index contributed by atoms with van der Waals surface area (Å²) in [6, 6.07) is 3.90. The van der Waals surface area contributed by atoms with E-state index in [-0.39, 0.29) is 19.1 Å². The molecule has 0 aromatic heterocycles. The number of hydrogen-bond acceptors (Lipinski definition) is 4. The first-order chi connectivity index (χ1) is 10.2. The average Bonchev–Trinajstić information content (AvgIpc) is 2.51. The maximum absolute atomic E-state index is 13.6. The molecule has 5 nitrogen and oxygen atoms in total. The first kappa shape index (κ1) is 15.7. The minimum absolute atomic E-state index is 0.119. The fraction of sp³-hybridized carbons (Fsp3) is 0.533. The molecule has 0 aliphatic carbocycles. The van der Waals surface area contributed by atoms with Crippen LogP contribution in [0.4, 0.5) is 10.1 Å². The molecule has 0 spiro atoms. The Hall–Kier alpha value is -1.66. The van der Waals surface area contributed by atoms with Gasteiger partial charge < -0.3 is 20.1 Å². The zero-order valence-corrected chi connectivity index (χ0v) is 12.1. The fourth-order valence-electron chi connectivity index (χ4n) is 2.39. The van der Waals surface area contributed by atoms with Gasteiger partial charge in [0.15, 0.2) is 0 Å². The lowest BCUT2D eigenvalue weighted by Gasteiger charge is -2.36. The van der Waals surface area contributed by atoms with Crippen molar-refractivity contribution < 1.29 is 19.0 Å². The number of ether oxygens (including phenoxy) is 1. The summed E-state index contributed by atoms with van der Waals surface area (Å²) in [5.41, 5.74) is 1.09. The minimum atomic E-state index is -0.473. The van der Waals surface area contributed by atoms with Crippen LogP contribution < -0.4 is 10.2 Å². The van der Waals surface area contributed by atoms with Gasteiger partial charge in [0.05, 0.1) is 19.8 Å². The first-order valence-electron chi connectivity index (χ1n) is 7.18. The Kier molecular flexibility index (Phi) is 5.52. The van der Waals surface area contributed by atoms with Gasteiger partial charge in [-0.25, -0.2) is 4.39 Å². The Morgan fingerprint density at radius 3 is 3.05 bits per heavy atom. The van der Waals surface area contributed by atoms with E-state index in [0.717, 1.165) is 6.42 Å². The molecule has 1 unspecified atom stereocenters. The van der Waals surface area contributed by atoms with Gasteiger partial charge in [-0.1, -0.05) is 6.92 Å². The van der Waals surface area contributed by atoms with E-state index < -0.39 is 11.9 Å². The molecule has 1 aliphatic rings. The van der Waals surface area contributed by atoms with Crippen molar-refractivity contribution in [1.82, 2.24) is 5.32 Å². The molecule has 116 valence electrons. The maximum Gasteiger partial charge on any atom is 0.245 e. The van der Waals surface area contributed by atoms with Crippen LogP contribution >= 0.6 is 0 Å². The van der Waals surface area contributed by atoms with Gasteiger partial charge in [-0.3, -0.25) is 4.79 Å². The molecule has 1 saturated heterocycles. The third-order valence-corrected chi connectivity index (χ3v) is 3.44. The van der Waals surface area contributed by atoms with Crippen molar-refractivity contribution in [3.8, 4) is 0 Å². The largest absolute Gasteiger partial charge is 0.392 e. The molecule has 1 fully saturated rings. The normalized spacial score (nSPS) is 18.6. The zero-order chi connectivity index (χ0) is 15.2. The Balaban J connectivity index is 2.21. The zero-order valence-electron chi connectivity index (χ0n) is 12.1. The van der Waals surface area contributed by atoms with Gasteiger partial charge in [-0.15, -0.1) is 0 Å². The van der Waals surface area contributed by atoms with E-state index in [1.54, 1.807) is 6.07 Å². The van der Waals surface area contributed by atoms with Crippen LogP contribution in [0.3, 0.4) is 0 Å². The highest BCUT2D eigenvalue weighted by Gasteiger charge is 2.29. The molecule has 1 aliphatic heterocycles. The number of hydrogen-bond donors (Lipinski definition) is 2. The van der Waals surface area contributed by atoms with Crippen LogP contribution in [-0.2, 0) is 16.1 Å². The number of aliphatic hydroxyl groups is 1. The molecule has 1 aromatic carbocycles. The van der Waals surface area contributed by atoms with Crippen LogP contribution in [0, 0.1) is 5.82 Å². The van der Waals surface area contributed by atoms with Gasteiger partial charge in [-0.2, -0.15) is 0 Å². The molecule has 1 atom stereocenters. The summed E-state index contributed by atoms with van der Waals surface area (Å²) in [5.74, 6) is -0.540. The van der Waals surface area contributed by atoms with E-state index in [2.05, 4.69) is 5.32 Å². The van der Waals surface area contributed by atoms with Crippen LogP contribution in [0.15, 0.2) is 18.2 Å². The second-order valence-electron chi connectivity index (χ2n) is 5.05. The molecular formula is C15H21FN2O3. The molecule has 2 rings (SSSR count). The molecule has 6 heteroatoms. The summed E-state index contributed by atoms with van der Waals surface area (Å²) in [5, 5.41) is 12.0. The second kappa shape index (κ2) is 7.38. The molecule has 1 aromatic rings. The molecule has 2 N–H and O–H groups in total. The van der Waals surface area contributed by atoms with Crippen LogP contribution in [0.1, 0.15) is 18.9 Å². The van der Waals surface area contributed by atoms with Crippen molar-refractivity contribution in [2.45, 2.75) is 26.0 Å². The lowest BCUT2D eigenvalue weighted by molar-refractivity contribution is -0.124. The van der Waals surface area contributed by atoms with E-state index in [0.29, 0.717) is 30.9 Å². The molecule has 1 amide bonds. The number of benzene rings is 1. The second-order valence-corrected chi connectivity index (χ2v) is 5.05. The molecule has 0 radical (unpaired) electrons. The fourth-order valence-corrected chi connectivity index (χ4v) is 2.39. The predicted molar refractivity (Wildman–Crippen MR) is 77.6 cm³/mol. The number of nitrogens with zero attached hydrogens (tertiary/aromatic N) is 1. The van der Waals surface area contributed by atoms with Crippen molar-refractivity contribution in [1.29, 1.82) is 0 Å². The standard InChI is InChI=1S/C15H21FN2O3/c1-2-3-17-15(20)14-10-21-5-4-18(14)13-7-11(9-19)6-12(16)8-13/h6-8,14,19H,2-5,9-10H2,1H3,(H,17,20). The van der Waals surface area contributed by atoms with Gasteiger partial charge in [0.25, 0.3) is 0 Å². The molecule has 21 heavy (non-hydrogen) atoms. The number of anilines is 1. The number of nitrogens with one attached hydrogen (secondary N) is 1. The maximum atomic E-state index is 13.6. The number of carbonyl (C=O) groups is 1. The van der Waals surface area contributed by atoms with Crippen molar-refractivity contribution in [2.75, 3.05) is 31.2 Å². The number of halogens is 1. The Bertz CT molecular complexity index is 496. The number of morpholine rings is 1. The smallest absolute Gasteiger partial charge is 0.245 e. The van der Waals surface area contributed by atoms with Crippen LogP contribution in [0.25, 0.3) is 0 Å². The van der Waals surface area contributed by atoms with E-state index in [1.165, 1.54) is 12.1 Å². The SMILES string of the molecule is CCCNC(=O)C1COCCN1c1cc(F)cc(CO)c1. The Morgan fingerprint density at radius 1 is 1.52 bits per heavy atom. The van der Waals surface area contributed by atoms with Gasteiger partial charge in [0.2, 0.25) is 5.91 Å². The highest BCUT2D eigenvalue weighted by atomic mass is 19.1.